The number of ketones is 1. The molecule has 4 rings (SSSR count). The van der Waals surface area contributed by atoms with Gasteiger partial charge in [0.2, 0.25) is 0 Å². The summed E-state index contributed by atoms with van der Waals surface area (Å²) in [6, 6.07) is 15.4. The second kappa shape index (κ2) is 10.7. The summed E-state index contributed by atoms with van der Waals surface area (Å²) in [5, 5.41) is 11.8. The number of methoxy groups -OCH3 is 2. The lowest BCUT2D eigenvalue weighted by atomic mass is 9.94. The Balaban J connectivity index is 1.99. The van der Waals surface area contributed by atoms with Crippen molar-refractivity contribution in [3.8, 4) is 5.75 Å². The predicted molar refractivity (Wildman–Crippen MR) is 141 cm³/mol. The molecular weight excluding hydrogens is 517 g/mol. The van der Waals surface area contributed by atoms with Crippen molar-refractivity contribution in [3.63, 3.8) is 0 Å². The monoisotopic (exact) mass is 539 g/mol. The smallest absolute Gasteiger partial charge is 0.337 e. The number of benzene rings is 3. The molecule has 3 aromatic rings. The number of esters is 1. The third-order valence-electron chi connectivity index (χ3n) is 6.16. The summed E-state index contributed by atoms with van der Waals surface area (Å²) in [6.45, 7) is 2.01. The zero-order chi connectivity index (χ0) is 26.9. The Morgan fingerprint density at radius 3 is 2.35 bits per heavy atom. The summed E-state index contributed by atoms with van der Waals surface area (Å²) >= 11 is 12.5. The van der Waals surface area contributed by atoms with Crippen LogP contribution in [0.15, 0.2) is 66.2 Å². The van der Waals surface area contributed by atoms with E-state index < -0.39 is 29.5 Å². The van der Waals surface area contributed by atoms with Crippen LogP contribution in [0, 0.1) is 0 Å². The molecule has 3 aromatic carbocycles. The molecule has 1 unspecified atom stereocenters. The van der Waals surface area contributed by atoms with Crippen molar-refractivity contribution in [2.45, 2.75) is 19.4 Å². The quantitative estimate of drug-likeness (QED) is 0.179. The molecule has 1 aliphatic heterocycles. The summed E-state index contributed by atoms with van der Waals surface area (Å²) in [5.74, 6) is -2.78. The van der Waals surface area contributed by atoms with Gasteiger partial charge in [-0.15, -0.1) is 0 Å². The van der Waals surface area contributed by atoms with E-state index in [4.69, 9.17) is 32.7 Å². The Hall–Kier alpha value is -3.81. The number of aliphatic hydroxyl groups is 1. The average Bonchev–Trinajstić information content (AvgIpc) is 3.17. The lowest BCUT2D eigenvalue weighted by Crippen LogP contribution is -2.29. The maximum absolute atomic E-state index is 13.4. The number of ether oxygens (including phenoxy) is 2. The lowest BCUT2D eigenvalue weighted by molar-refractivity contribution is -0.132. The standard InChI is InChI=1S/C28H23Cl2NO6/c1-4-15-8-10-16(11-9-15)23-22(24(32)20-13-18(29)14-21(30)26(20)36-2)25(33)27(34)31(23)19-7-5-6-17(12-19)28(35)37-3/h5-14,23,32H,4H2,1-3H3/b24-22+. The van der Waals surface area contributed by atoms with Crippen LogP contribution in [0.5, 0.6) is 5.75 Å². The highest BCUT2D eigenvalue weighted by molar-refractivity contribution is 6.52. The van der Waals surface area contributed by atoms with Crippen LogP contribution in [0.2, 0.25) is 10.0 Å². The maximum atomic E-state index is 13.4. The van der Waals surface area contributed by atoms with Crippen LogP contribution in [0.1, 0.15) is 40.0 Å². The second-order valence-corrected chi connectivity index (χ2v) is 9.12. The molecule has 0 aliphatic carbocycles. The Kier molecular flexibility index (Phi) is 7.57. The number of halogens is 2. The molecule has 190 valence electrons. The minimum atomic E-state index is -1.01. The van der Waals surface area contributed by atoms with Crippen molar-refractivity contribution in [1.29, 1.82) is 0 Å². The summed E-state index contributed by atoms with van der Waals surface area (Å²) < 4.78 is 10.2. The van der Waals surface area contributed by atoms with Crippen molar-refractivity contribution in [3.05, 3.63) is 98.5 Å². The predicted octanol–water partition coefficient (Wildman–Crippen LogP) is 5.98. The third kappa shape index (κ3) is 4.80. The van der Waals surface area contributed by atoms with Crippen LogP contribution < -0.4 is 9.64 Å². The van der Waals surface area contributed by atoms with Crippen LogP contribution in [-0.4, -0.2) is 37.0 Å². The molecular formula is C28H23Cl2NO6. The first-order valence-electron chi connectivity index (χ1n) is 11.3. The van der Waals surface area contributed by atoms with Crippen molar-refractivity contribution in [1.82, 2.24) is 0 Å². The molecule has 0 bridgehead atoms. The molecule has 1 N–H and O–H groups in total. The van der Waals surface area contributed by atoms with Gasteiger partial charge < -0.3 is 14.6 Å². The van der Waals surface area contributed by atoms with E-state index in [1.54, 1.807) is 24.3 Å². The van der Waals surface area contributed by atoms with Gasteiger partial charge in [0.1, 0.15) is 11.5 Å². The number of carbonyl (C=O) groups is 3. The van der Waals surface area contributed by atoms with Gasteiger partial charge in [-0.1, -0.05) is 60.5 Å². The van der Waals surface area contributed by atoms with E-state index in [0.29, 0.717) is 5.56 Å². The fourth-order valence-electron chi connectivity index (χ4n) is 4.34. The molecule has 0 saturated carbocycles. The van der Waals surface area contributed by atoms with E-state index in [1.165, 1.54) is 43.4 Å². The van der Waals surface area contributed by atoms with Gasteiger partial charge in [0, 0.05) is 10.7 Å². The second-order valence-electron chi connectivity index (χ2n) is 8.27. The summed E-state index contributed by atoms with van der Waals surface area (Å²) in [4.78, 5) is 40.3. The van der Waals surface area contributed by atoms with Gasteiger partial charge >= 0.3 is 5.97 Å². The number of aryl methyl sites for hydroxylation is 1. The molecule has 7 nitrogen and oxygen atoms in total. The first-order valence-corrected chi connectivity index (χ1v) is 12.1. The summed E-state index contributed by atoms with van der Waals surface area (Å²) in [7, 11) is 2.61. The number of hydrogen-bond donors (Lipinski definition) is 1. The summed E-state index contributed by atoms with van der Waals surface area (Å²) in [5.41, 5.74) is 2.01. The van der Waals surface area contributed by atoms with Gasteiger partial charge in [0.15, 0.2) is 0 Å². The zero-order valence-corrected chi connectivity index (χ0v) is 21.8. The normalized spacial score (nSPS) is 16.7. The van der Waals surface area contributed by atoms with Crippen molar-refractivity contribution in [2.75, 3.05) is 19.1 Å². The molecule has 1 atom stereocenters. The van der Waals surface area contributed by atoms with Crippen molar-refractivity contribution in [2.24, 2.45) is 0 Å². The minimum Gasteiger partial charge on any atom is -0.507 e. The van der Waals surface area contributed by atoms with Gasteiger partial charge in [0.05, 0.1) is 42.0 Å². The highest BCUT2D eigenvalue weighted by Gasteiger charge is 2.47. The Morgan fingerprint density at radius 2 is 1.73 bits per heavy atom. The third-order valence-corrected chi connectivity index (χ3v) is 6.66. The maximum Gasteiger partial charge on any atom is 0.337 e. The van der Waals surface area contributed by atoms with E-state index in [0.717, 1.165) is 12.0 Å². The highest BCUT2D eigenvalue weighted by Crippen LogP contribution is 2.45. The molecule has 0 radical (unpaired) electrons. The van der Waals surface area contributed by atoms with Crippen LogP contribution in [0.3, 0.4) is 0 Å². The van der Waals surface area contributed by atoms with Gasteiger partial charge in [-0.2, -0.15) is 0 Å². The van der Waals surface area contributed by atoms with Crippen LogP contribution >= 0.6 is 23.2 Å². The van der Waals surface area contributed by atoms with Gasteiger partial charge in [-0.05, 0) is 47.9 Å². The Labute approximate surface area is 223 Å². The number of rotatable bonds is 6. The van der Waals surface area contributed by atoms with Crippen molar-refractivity contribution >= 4 is 52.3 Å². The van der Waals surface area contributed by atoms with Gasteiger partial charge in [-0.3, -0.25) is 14.5 Å². The first-order chi connectivity index (χ1) is 17.7. The number of Topliss-reactive ketones (excluding diaryl/α,β-unsaturated/α-hetero) is 1. The molecule has 37 heavy (non-hydrogen) atoms. The van der Waals surface area contributed by atoms with Crippen molar-refractivity contribution < 1.29 is 29.0 Å². The number of amides is 1. The fourth-order valence-corrected chi connectivity index (χ4v) is 4.91. The molecule has 1 amide bonds. The Morgan fingerprint density at radius 1 is 1.03 bits per heavy atom. The average molecular weight is 540 g/mol. The zero-order valence-electron chi connectivity index (χ0n) is 20.2. The number of hydrogen-bond acceptors (Lipinski definition) is 6. The lowest BCUT2D eigenvalue weighted by Gasteiger charge is -2.26. The van der Waals surface area contributed by atoms with Gasteiger partial charge in [-0.25, -0.2) is 4.79 Å². The SMILES string of the molecule is CCc1ccc(C2/C(=C(\O)c3cc(Cl)cc(Cl)c3OC)C(=O)C(=O)N2c2cccc(C(=O)OC)c2)cc1. The van der Waals surface area contributed by atoms with Crippen LogP contribution in [0.25, 0.3) is 5.76 Å². The fraction of sp³-hybridized carbons (Fsp3) is 0.179. The molecule has 1 aliphatic rings. The molecule has 1 fully saturated rings. The number of carbonyl (C=O) groups excluding carboxylic acids is 3. The van der Waals surface area contributed by atoms with Crippen LogP contribution in [0.4, 0.5) is 5.69 Å². The topological polar surface area (TPSA) is 93.1 Å². The summed E-state index contributed by atoms with van der Waals surface area (Å²) in [6.07, 6.45) is 0.792. The number of aliphatic hydroxyl groups excluding tert-OH is 1. The number of anilines is 1. The van der Waals surface area contributed by atoms with E-state index >= 15 is 0 Å². The largest absolute Gasteiger partial charge is 0.507 e. The van der Waals surface area contributed by atoms with Gasteiger partial charge in [0.25, 0.3) is 11.7 Å². The first kappa shape index (κ1) is 26.3. The van der Waals surface area contributed by atoms with E-state index in [9.17, 15) is 19.5 Å². The Bertz CT molecular complexity index is 1430. The van der Waals surface area contributed by atoms with Crippen LogP contribution in [-0.2, 0) is 20.7 Å². The van der Waals surface area contributed by atoms with E-state index in [1.807, 2.05) is 19.1 Å². The van der Waals surface area contributed by atoms with E-state index in [-0.39, 0.29) is 38.2 Å². The molecule has 1 saturated heterocycles. The highest BCUT2D eigenvalue weighted by atomic mass is 35.5. The molecule has 0 aromatic heterocycles. The molecule has 9 heteroatoms. The molecule has 0 spiro atoms. The van der Waals surface area contributed by atoms with E-state index in [2.05, 4.69) is 0 Å². The minimum absolute atomic E-state index is 0.0662. The molecule has 1 heterocycles. The number of nitrogens with zero attached hydrogens (tertiary/aromatic N) is 1.